The van der Waals surface area contributed by atoms with Crippen LogP contribution in [0.4, 0.5) is 0 Å². The van der Waals surface area contributed by atoms with Crippen molar-refractivity contribution in [1.82, 2.24) is 0 Å². The van der Waals surface area contributed by atoms with Gasteiger partial charge in [-0.3, -0.25) is 0 Å². The fraction of sp³-hybridized carbons (Fsp3) is 0.591. The normalized spacial score (nSPS) is 14.7. The predicted molar refractivity (Wildman–Crippen MR) is 103 cm³/mol. The van der Waals surface area contributed by atoms with E-state index in [-0.39, 0.29) is 5.92 Å². The van der Waals surface area contributed by atoms with Gasteiger partial charge in [0.1, 0.15) is 0 Å². The van der Waals surface area contributed by atoms with Gasteiger partial charge >= 0.3 is 0 Å². The first-order chi connectivity index (χ1) is 10.8. The second kappa shape index (κ2) is 11.9. The monoisotopic (exact) mass is 313 g/mol. The fourth-order valence-corrected chi connectivity index (χ4v) is 2.47. The van der Waals surface area contributed by atoms with Crippen molar-refractivity contribution >= 4 is 0 Å². The number of hydrogen-bond donors (Lipinski definition) is 0. The molecule has 0 amide bonds. The molecule has 1 nitrogen and oxygen atoms in total. The predicted octanol–water partition coefficient (Wildman–Crippen LogP) is 7.15. The van der Waals surface area contributed by atoms with Crippen LogP contribution >= 0.6 is 0 Å². The van der Waals surface area contributed by atoms with Gasteiger partial charge < -0.3 is 0 Å². The minimum absolute atomic E-state index is 0.00346. The molecule has 0 saturated carbocycles. The Morgan fingerprint density at radius 1 is 0.870 bits per heavy atom. The third kappa shape index (κ3) is 10.7. The van der Waals surface area contributed by atoms with Crippen molar-refractivity contribution in [2.75, 3.05) is 0 Å². The summed E-state index contributed by atoms with van der Waals surface area (Å²) in [5.41, 5.74) is 5.48. The van der Waals surface area contributed by atoms with Gasteiger partial charge in [0.25, 0.3) is 0 Å². The molecule has 0 fully saturated rings. The first-order valence-electron chi connectivity index (χ1n) is 8.83. The van der Waals surface area contributed by atoms with Gasteiger partial charge in [0.05, 0.1) is 12.0 Å². The Balaban J connectivity index is 4.50. The smallest absolute Gasteiger partial charge is 0.0697 e. The lowest BCUT2D eigenvalue weighted by Crippen LogP contribution is -2.03. The van der Waals surface area contributed by atoms with Crippen LogP contribution in [0.15, 0.2) is 46.6 Å². The highest BCUT2D eigenvalue weighted by molar-refractivity contribution is 5.23. The van der Waals surface area contributed by atoms with Crippen LogP contribution in [-0.2, 0) is 0 Å². The highest BCUT2D eigenvalue weighted by atomic mass is 14.3. The molecule has 0 aromatic carbocycles. The standard InChI is InChI=1S/C22H35N/c1-17(2)10-8-11-19(5)12-9-13-20(6)14-15-22(18(3)4)21(7)16-23/h10,12,14-15,18,21H,8-9,11,13H2,1-7H3/b19-12+,20-14+,22-15-. The van der Waals surface area contributed by atoms with Crippen molar-refractivity contribution in [2.45, 2.75) is 74.1 Å². The average molecular weight is 314 g/mol. The molecule has 1 heteroatoms. The largest absolute Gasteiger partial charge is 0.198 e. The van der Waals surface area contributed by atoms with E-state index in [0.29, 0.717) is 5.92 Å². The molecule has 1 unspecified atom stereocenters. The lowest BCUT2D eigenvalue weighted by molar-refractivity contribution is 0.672. The Morgan fingerprint density at radius 2 is 1.43 bits per heavy atom. The van der Waals surface area contributed by atoms with Crippen LogP contribution in [0, 0.1) is 23.2 Å². The van der Waals surface area contributed by atoms with Crippen LogP contribution in [0.1, 0.15) is 74.1 Å². The van der Waals surface area contributed by atoms with Crippen LogP contribution in [0.3, 0.4) is 0 Å². The SMILES string of the molecule is CC(C)=CCC/C(C)=C/CC/C(C)=C/C=C(/C(C)C)C(C)C#N. The molecule has 0 rings (SSSR count). The highest BCUT2D eigenvalue weighted by Crippen LogP contribution is 2.20. The summed E-state index contributed by atoms with van der Waals surface area (Å²) in [4.78, 5) is 0. The minimum Gasteiger partial charge on any atom is -0.198 e. The van der Waals surface area contributed by atoms with E-state index in [2.05, 4.69) is 71.9 Å². The summed E-state index contributed by atoms with van der Waals surface area (Å²) >= 11 is 0. The fourth-order valence-electron chi connectivity index (χ4n) is 2.47. The van der Waals surface area contributed by atoms with Crippen molar-refractivity contribution in [3.63, 3.8) is 0 Å². The van der Waals surface area contributed by atoms with Crippen LogP contribution in [-0.4, -0.2) is 0 Å². The molecule has 128 valence electrons. The van der Waals surface area contributed by atoms with E-state index in [1.165, 1.54) is 22.3 Å². The quantitative estimate of drug-likeness (QED) is 0.327. The molecule has 0 radical (unpaired) electrons. The Kier molecular flexibility index (Phi) is 11.1. The van der Waals surface area contributed by atoms with Gasteiger partial charge in [-0.1, -0.05) is 60.4 Å². The maximum atomic E-state index is 9.10. The number of hydrogen-bond acceptors (Lipinski definition) is 1. The molecule has 0 N–H and O–H groups in total. The molecule has 0 aromatic rings. The van der Waals surface area contributed by atoms with E-state index in [1.807, 2.05) is 6.92 Å². The summed E-state index contributed by atoms with van der Waals surface area (Å²) in [5.74, 6) is 0.419. The van der Waals surface area contributed by atoms with Gasteiger partial charge in [-0.25, -0.2) is 0 Å². The zero-order chi connectivity index (χ0) is 17.8. The summed E-state index contributed by atoms with van der Waals surface area (Å²) in [6.07, 6.45) is 13.5. The molecule has 0 aromatic heterocycles. The van der Waals surface area contributed by atoms with E-state index in [0.717, 1.165) is 25.7 Å². The molecule has 0 saturated heterocycles. The molecule has 0 heterocycles. The first-order valence-corrected chi connectivity index (χ1v) is 8.83. The maximum Gasteiger partial charge on any atom is 0.0697 e. The molecule has 1 atom stereocenters. The van der Waals surface area contributed by atoms with Gasteiger partial charge in [0.2, 0.25) is 0 Å². The summed E-state index contributed by atoms with van der Waals surface area (Å²) in [5, 5.41) is 9.10. The Labute approximate surface area is 144 Å². The van der Waals surface area contributed by atoms with Crippen LogP contribution < -0.4 is 0 Å². The van der Waals surface area contributed by atoms with Crippen molar-refractivity contribution < 1.29 is 0 Å². The van der Waals surface area contributed by atoms with Crippen molar-refractivity contribution in [3.8, 4) is 6.07 Å². The molecular formula is C22H35N. The molecule has 0 aliphatic carbocycles. The van der Waals surface area contributed by atoms with Gasteiger partial charge in [-0.05, 0) is 66.2 Å². The van der Waals surface area contributed by atoms with E-state index in [9.17, 15) is 0 Å². The highest BCUT2D eigenvalue weighted by Gasteiger charge is 2.10. The Morgan fingerprint density at radius 3 is 1.96 bits per heavy atom. The van der Waals surface area contributed by atoms with Gasteiger partial charge in [-0.15, -0.1) is 0 Å². The zero-order valence-corrected chi connectivity index (χ0v) is 16.2. The average Bonchev–Trinajstić information content (AvgIpc) is 2.46. The number of allylic oxidation sites excluding steroid dienone is 8. The van der Waals surface area contributed by atoms with Gasteiger partial charge in [-0.2, -0.15) is 5.26 Å². The molecular weight excluding hydrogens is 278 g/mol. The summed E-state index contributed by atoms with van der Waals surface area (Å²) in [6.45, 7) is 15.0. The number of rotatable bonds is 9. The second-order valence-corrected chi connectivity index (χ2v) is 7.09. The Bertz CT molecular complexity index is 503. The maximum absolute atomic E-state index is 9.10. The van der Waals surface area contributed by atoms with Gasteiger partial charge in [0, 0.05) is 0 Å². The number of nitriles is 1. The second-order valence-electron chi connectivity index (χ2n) is 7.09. The number of nitrogens with zero attached hydrogens (tertiary/aromatic N) is 1. The first kappa shape index (κ1) is 21.4. The molecule has 23 heavy (non-hydrogen) atoms. The summed E-state index contributed by atoms with van der Waals surface area (Å²) in [6, 6.07) is 2.34. The Hall–Kier alpha value is -1.55. The van der Waals surface area contributed by atoms with E-state index in [1.54, 1.807) is 0 Å². The lowest BCUT2D eigenvalue weighted by Gasteiger charge is -2.12. The molecule has 0 spiro atoms. The topological polar surface area (TPSA) is 23.8 Å². The molecule has 0 bridgehead atoms. The van der Waals surface area contributed by atoms with E-state index >= 15 is 0 Å². The third-order valence-corrected chi connectivity index (χ3v) is 4.04. The summed E-state index contributed by atoms with van der Waals surface area (Å²) < 4.78 is 0. The van der Waals surface area contributed by atoms with Crippen molar-refractivity contribution in [2.24, 2.45) is 11.8 Å². The minimum atomic E-state index is -0.00346. The van der Waals surface area contributed by atoms with Crippen LogP contribution in [0.25, 0.3) is 0 Å². The zero-order valence-electron chi connectivity index (χ0n) is 16.2. The van der Waals surface area contributed by atoms with E-state index in [4.69, 9.17) is 5.26 Å². The van der Waals surface area contributed by atoms with Crippen molar-refractivity contribution in [1.29, 1.82) is 5.26 Å². The van der Waals surface area contributed by atoms with Crippen LogP contribution in [0.5, 0.6) is 0 Å². The third-order valence-electron chi connectivity index (χ3n) is 4.04. The summed E-state index contributed by atoms with van der Waals surface area (Å²) in [7, 11) is 0. The van der Waals surface area contributed by atoms with Crippen molar-refractivity contribution in [3.05, 3.63) is 46.6 Å². The lowest BCUT2D eigenvalue weighted by atomic mass is 9.91. The molecule has 0 aliphatic heterocycles. The molecule has 0 aliphatic rings. The van der Waals surface area contributed by atoms with Crippen LogP contribution in [0.2, 0.25) is 0 Å². The van der Waals surface area contributed by atoms with Gasteiger partial charge in [0.15, 0.2) is 0 Å². The van der Waals surface area contributed by atoms with E-state index < -0.39 is 0 Å².